The molecule has 3 nitrogen and oxygen atoms in total. The van der Waals surface area contributed by atoms with Crippen molar-refractivity contribution in [3.63, 3.8) is 0 Å². The summed E-state index contributed by atoms with van der Waals surface area (Å²) in [5.41, 5.74) is 0. The molecule has 1 aromatic rings. The van der Waals surface area contributed by atoms with Crippen molar-refractivity contribution in [1.29, 1.82) is 0 Å². The van der Waals surface area contributed by atoms with Crippen LogP contribution in [0.3, 0.4) is 0 Å². The molecule has 1 atom stereocenters. The summed E-state index contributed by atoms with van der Waals surface area (Å²) in [4.78, 5) is 17.4. The van der Waals surface area contributed by atoms with Crippen LogP contribution in [0.2, 0.25) is 0 Å². The molecule has 2 heterocycles. The zero-order chi connectivity index (χ0) is 11.4. The van der Waals surface area contributed by atoms with Crippen LogP contribution >= 0.6 is 11.8 Å². The van der Waals surface area contributed by atoms with E-state index in [0.717, 1.165) is 30.3 Å². The quantitative estimate of drug-likeness (QED) is 0.753. The Kier molecular flexibility index (Phi) is 3.83. The molecule has 1 saturated heterocycles. The molecule has 1 aliphatic rings. The van der Waals surface area contributed by atoms with Crippen molar-refractivity contribution in [1.82, 2.24) is 9.88 Å². The van der Waals surface area contributed by atoms with Crippen LogP contribution in [-0.2, 0) is 4.79 Å². The number of carbonyl (C=O) groups is 1. The maximum atomic E-state index is 11.2. The van der Waals surface area contributed by atoms with Gasteiger partial charge < -0.3 is 4.90 Å². The van der Waals surface area contributed by atoms with Gasteiger partial charge >= 0.3 is 0 Å². The Morgan fingerprint density at radius 2 is 2.50 bits per heavy atom. The Morgan fingerprint density at radius 1 is 1.62 bits per heavy atom. The van der Waals surface area contributed by atoms with E-state index in [4.69, 9.17) is 0 Å². The average Bonchev–Trinajstić information content (AvgIpc) is 2.76. The first kappa shape index (κ1) is 11.5. The van der Waals surface area contributed by atoms with Gasteiger partial charge in [0.15, 0.2) is 0 Å². The highest BCUT2D eigenvalue weighted by molar-refractivity contribution is 7.99. The minimum Gasteiger partial charge on any atom is -0.343 e. The fourth-order valence-corrected chi connectivity index (χ4v) is 2.88. The largest absolute Gasteiger partial charge is 0.343 e. The van der Waals surface area contributed by atoms with Crippen LogP contribution in [0, 0.1) is 5.92 Å². The topological polar surface area (TPSA) is 33.2 Å². The number of hydrogen-bond acceptors (Lipinski definition) is 3. The van der Waals surface area contributed by atoms with E-state index in [1.807, 2.05) is 29.3 Å². The first-order chi connectivity index (χ1) is 7.75. The molecule has 0 aromatic carbocycles. The molecule has 0 saturated carbocycles. The zero-order valence-corrected chi connectivity index (χ0v) is 10.2. The van der Waals surface area contributed by atoms with E-state index in [1.54, 1.807) is 18.7 Å². The molecule has 0 bridgehead atoms. The Labute approximate surface area is 100 Å². The highest BCUT2D eigenvalue weighted by atomic mass is 32.2. The van der Waals surface area contributed by atoms with Gasteiger partial charge in [0.1, 0.15) is 0 Å². The van der Waals surface area contributed by atoms with E-state index in [-0.39, 0.29) is 5.91 Å². The molecule has 4 heteroatoms. The number of likely N-dealkylation sites (tertiary alicyclic amines) is 1. The van der Waals surface area contributed by atoms with Gasteiger partial charge in [-0.15, -0.1) is 11.8 Å². The van der Waals surface area contributed by atoms with Crippen molar-refractivity contribution in [2.45, 2.75) is 18.4 Å². The second-order valence-electron chi connectivity index (χ2n) is 4.10. The van der Waals surface area contributed by atoms with E-state index in [9.17, 15) is 4.79 Å². The van der Waals surface area contributed by atoms with Gasteiger partial charge in [0.2, 0.25) is 5.91 Å². The predicted molar refractivity (Wildman–Crippen MR) is 65.3 cm³/mol. The first-order valence-corrected chi connectivity index (χ1v) is 6.53. The molecule has 1 aromatic heterocycles. The third kappa shape index (κ3) is 2.98. The number of rotatable bonds is 3. The Balaban J connectivity index is 1.78. The number of aromatic nitrogens is 1. The molecule has 0 aliphatic carbocycles. The predicted octanol–water partition coefficient (Wildman–Crippen LogP) is 2.04. The van der Waals surface area contributed by atoms with Crippen LogP contribution in [0.1, 0.15) is 13.3 Å². The second-order valence-corrected chi connectivity index (χ2v) is 5.14. The van der Waals surface area contributed by atoms with Gasteiger partial charge in [0, 0.05) is 32.0 Å². The lowest BCUT2D eigenvalue weighted by Gasteiger charge is -2.13. The van der Waals surface area contributed by atoms with E-state index in [0.29, 0.717) is 5.92 Å². The Hall–Kier alpha value is -1.03. The van der Waals surface area contributed by atoms with Crippen molar-refractivity contribution in [2.24, 2.45) is 5.92 Å². The van der Waals surface area contributed by atoms with E-state index in [1.165, 1.54) is 0 Å². The third-order valence-electron chi connectivity index (χ3n) is 2.84. The highest BCUT2D eigenvalue weighted by Crippen LogP contribution is 2.24. The second kappa shape index (κ2) is 5.34. The van der Waals surface area contributed by atoms with Crippen LogP contribution in [0.5, 0.6) is 0 Å². The molecule has 1 aliphatic heterocycles. The van der Waals surface area contributed by atoms with Crippen molar-refractivity contribution in [3.8, 4) is 0 Å². The Morgan fingerprint density at radius 3 is 3.12 bits per heavy atom. The van der Waals surface area contributed by atoms with E-state index < -0.39 is 0 Å². The summed E-state index contributed by atoms with van der Waals surface area (Å²) < 4.78 is 0. The van der Waals surface area contributed by atoms with Gasteiger partial charge in [-0.2, -0.15) is 0 Å². The summed E-state index contributed by atoms with van der Waals surface area (Å²) in [5, 5.41) is 1.07. The van der Waals surface area contributed by atoms with Gasteiger partial charge in [-0.25, -0.2) is 4.98 Å². The lowest BCUT2D eigenvalue weighted by atomic mass is 10.2. The lowest BCUT2D eigenvalue weighted by Crippen LogP contribution is -2.26. The fourth-order valence-electron chi connectivity index (χ4n) is 1.89. The highest BCUT2D eigenvalue weighted by Gasteiger charge is 2.23. The van der Waals surface area contributed by atoms with Gasteiger partial charge in [-0.05, 0) is 24.5 Å². The normalized spacial score (nSPS) is 20.1. The molecule has 86 valence electrons. The monoisotopic (exact) mass is 236 g/mol. The number of nitrogens with zero attached hydrogens (tertiary/aromatic N) is 2. The SMILES string of the molecule is CC(=O)N1CCC(CSc2ccccn2)C1. The standard InChI is InChI=1S/C12H16N2OS/c1-10(15)14-7-5-11(8-14)9-16-12-4-2-3-6-13-12/h2-4,6,11H,5,7-9H2,1H3. The van der Waals surface area contributed by atoms with Crippen molar-refractivity contribution >= 4 is 17.7 Å². The number of pyridine rings is 1. The van der Waals surface area contributed by atoms with Crippen LogP contribution in [-0.4, -0.2) is 34.6 Å². The molecule has 16 heavy (non-hydrogen) atoms. The Bertz CT molecular complexity index is 355. The molecule has 1 unspecified atom stereocenters. The smallest absolute Gasteiger partial charge is 0.219 e. The zero-order valence-electron chi connectivity index (χ0n) is 9.43. The summed E-state index contributed by atoms with van der Waals surface area (Å²) in [6, 6.07) is 5.96. The molecule has 1 amide bonds. The first-order valence-electron chi connectivity index (χ1n) is 5.55. The molecular weight excluding hydrogens is 220 g/mol. The molecule has 1 fully saturated rings. The molecular formula is C12H16N2OS. The lowest BCUT2D eigenvalue weighted by molar-refractivity contribution is -0.127. The van der Waals surface area contributed by atoms with Crippen LogP contribution in [0.15, 0.2) is 29.4 Å². The summed E-state index contributed by atoms with van der Waals surface area (Å²) in [6.07, 6.45) is 2.94. The van der Waals surface area contributed by atoms with E-state index in [2.05, 4.69) is 4.98 Å². The summed E-state index contributed by atoms with van der Waals surface area (Å²) in [7, 11) is 0. The molecule has 0 spiro atoms. The molecule has 0 radical (unpaired) electrons. The van der Waals surface area contributed by atoms with Crippen molar-refractivity contribution in [2.75, 3.05) is 18.8 Å². The van der Waals surface area contributed by atoms with Crippen LogP contribution < -0.4 is 0 Å². The number of hydrogen-bond donors (Lipinski definition) is 0. The summed E-state index contributed by atoms with van der Waals surface area (Å²) in [6.45, 7) is 3.48. The van der Waals surface area contributed by atoms with E-state index >= 15 is 0 Å². The average molecular weight is 236 g/mol. The molecule has 2 rings (SSSR count). The number of carbonyl (C=O) groups excluding carboxylic acids is 1. The van der Waals surface area contributed by atoms with Gasteiger partial charge in [-0.3, -0.25) is 4.79 Å². The number of amides is 1. The van der Waals surface area contributed by atoms with Gasteiger partial charge in [0.25, 0.3) is 0 Å². The van der Waals surface area contributed by atoms with Gasteiger partial charge in [0.05, 0.1) is 5.03 Å². The van der Waals surface area contributed by atoms with Crippen LogP contribution in [0.25, 0.3) is 0 Å². The maximum Gasteiger partial charge on any atom is 0.219 e. The minimum atomic E-state index is 0.199. The van der Waals surface area contributed by atoms with Crippen molar-refractivity contribution in [3.05, 3.63) is 24.4 Å². The third-order valence-corrected chi connectivity index (χ3v) is 4.01. The van der Waals surface area contributed by atoms with Crippen molar-refractivity contribution < 1.29 is 4.79 Å². The van der Waals surface area contributed by atoms with Crippen LogP contribution in [0.4, 0.5) is 0 Å². The maximum absolute atomic E-state index is 11.2. The van der Waals surface area contributed by atoms with Gasteiger partial charge in [-0.1, -0.05) is 6.07 Å². The fraction of sp³-hybridized carbons (Fsp3) is 0.500. The minimum absolute atomic E-state index is 0.199. The number of thioether (sulfide) groups is 1. The summed E-state index contributed by atoms with van der Waals surface area (Å²) in [5.74, 6) is 1.88. The summed E-state index contributed by atoms with van der Waals surface area (Å²) >= 11 is 1.78. The molecule has 0 N–H and O–H groups in total.